The lowest BCUT2D eigenvalue weighted by Gasteiger charge is -2.39. The number of carbonyl (C=O) groups is 1. The lowest BCUT2D eigenvalue weighted by molar-refractivity contribution is -0.141. The molecule has 1 amide bonds. The Morgan fingerprint density at radius 1 is 1.24 bits per heavy atom. The second-order valence-electron chi connectivity index (χ2n) is 8.52. The topological polar surface area (TPSA) is 65.2 Å². The average molecular weight is 406 g/mol. The van der Waals surface area contributed by atoms with Crippen molar-refractivity contribution in [1.82, 2.24) is 4.98 Å². The first-order chi connectivity index (χ1) is 13.5. The van der Waals surface area contributed by atoms with E-state index in [0.29, 0.717) is 5.56 Å². The number of fused-ring (bicyclic) bond motifs is 1. The third kappa shape index (κ3) is 4.54. The van der Waals surface area contributed by atoms with Crippen LogP contribution in [0, 0.1) is 5.41 Å². The van der Waals surface area contributed by atoms with Gasteiger partial charge in [-0.3, -0.25) is 4.98 Å². The number of pyridine rings is 1. The molecule has 1 aromatic carbocycles. The third-order valence-corrected chi connectivity index (χ3v) is 5.38. The van der Waals surface area contributed by atoms with E-state index in [1.54, 1.807) is 6.07 Å². The van der Waals surface area contributed by atoms with Gasteiger partial charge in [0.2, 0.25) is 0 Å². The molecule has 29 heavy (non-hydrogen) atoms. The van der Waals surface area contributed by atoms with Gasteiger partial charge in [0, 0.05) is 12.1 Å². The smallest absolute Gasteiger partial charge is 0.433 e. The number of halogens is 3. The number of aromatic nitrogens is 1. The number of nitrogens with zero attached hydrogens (tertiary/aromatic N) is 1. The molecule has 1 aliphatic rings. The minimum absolute atomic E-state index is 0.0740. The second-order valence-corrected chi connectivity index (χ2v) is 8.52. The number of primary amides is 1. The van der Waals surface area contributed by atoms with Crippen molar-refractivity contribution in [3.8, 4) is 11.1 Å². The third-order valence-electron chi connectivity index (χ3n) is 5.38. The van der Waals surface area contributed by atoms with Crippen molar-refractivity contribution in [2.75, 3.05) is 0 Å². The normalized spacial score (nSPS) is 18.1. The molecule has 2 N–H and O–H groups in total. The maximum absolute atomic E-state index is 13.1. The number of hydrogen-bond donors (Lipinski definition) is 1. The summed E-state index contributed by atoms with van der Waals surface area (Å²) in [4.78, 5) is 15.0. The highest BCUT2D eigenvalue weighted by Gasteiger charge is 2.39. The number of amides is 1. The number of nitrogens with two attached hydrogens (primary N) is 1. The molecule has 7 heteroatoms. The number of benzene rings is 1. The van der Waals surface area contributed by atoms with Gasteiger partial charge in [-0.1, -0.05) is 39.0 Å². The zero-order valence-electron chi connectivity index (χ0n) is 16.7. The summed E-state index contributed by atoms with van der Waals surface area (Å²) in [6.07, 6.45) is -2.16. The standard InChI is InChI=1S/C22H25F3N2O2/c1-21(2,3)19(29-20(26)28)17-9-5-7-15-14(6-4-8-16(15)17)13-10-11-27-18(12-13)22(23,24)25/h4,6,8,10-12,17,19H,5,7,9H2,1-3H3,(H2,26,28). The van der Waals surface area contributed by atoms with Gasteiger partial charge in [0.15, 0.2) is 0 Å². The summed E-state index contributed by atoms with van der Waals surface area (Å²) in [6, 6.07) is 8.31. The molecule has 0 radical (unpaired) electrons. The summed E-state index contributed by atoms with van der Waals surface area (Å²) < 4.78 is 44.9. The maximum atomic E-state index is 13.1. The van der Waals surface area contributed by atoms with Gasteiger partial charge in [-0.2, -0.15) is 13.2 Å². The predicted molar refractivity (Wildman–Crippen MR) is 104 cm³/mol. The maximum Gasteiger partial charge on any atom is 0.433 e. The molecule has 0 saturated carbocycles. The van der Waals surface area contributed by atoms with E-state index in [-0.39, 0.29) is 11.3 Å². The molecule has 3 rings (SSSR count). The summed E-state index contributed by atoms with van der Waals surface area (Å²) in [7, 11) is 0. The van der Waals surface area contributed by atoms with E-state index in [2.05, 4.69) is 4.98 Å². The molecule has 2 unspecified atom stereocenters. The average Bonchev–Trinajstić information content (AvgIpc) is 2.64. The van der Waals surface area contributed by atoms with Crippen molar-refractivity contribution in [3.05, 3.63) is 53.3 Å². The number of hydrogen-bond acceptors (Lipinski definition) is 3. The Balaban J connectivity index is 2.09. The van der Waals surface area contributed by atoms with E-state index in [1.807, 2.05) is 39.0 Å². The Bertz CT molecular complexity index is 904. The van der Waals surface area contributed by atoms with E-state index in [1.165, 1.54) is 6.20 Å². The fourth-order valence-corrected chi connectivity index (χ4v) is 4.21. The molecule has 0 fully saturated rings. The molecule has 2 aromatic rings. The lowest BCUT2D eigenvalue weighted by Crippen LogP contribution is -2.39. The zero-order valence-corrected chi connectivity index (χ0v) is 16.7. The number of rotatable bonds is 3. The molecule has 156 valence electrons. The molecule has 1 heterocycles. The van der Waals surface area contributed by atoms with Crippen LogP contribution in [0.4, 0.5) is 18.0 Å². The highest BCUT2D eigenvalue weighted by atomic mass is 19.4. The number of carbonyl (C=O) groups excluding carboxylic acids is 1. The molecule has 0 aliphatic heterocycles. The molecule has 0 spiro atoms. The van der Waals surface area contributed by atoms with Crippen LogP contribution >= 0.6 is 0 Å². The molecule has 2 atom stereocenters. The van der Waals surface area contributed by atoms with Crippen LogP contribution in [-0.4, -0.2) is 17.2 Å². The number of ether oxygens (including phenoxy) is 1. The van der Waals surface area contributed by atoms with Gasteiger partial charge in [0.05, 0.1) is 0 Å². The van der Waals surface area contributed by atoms with E-state index in [0.717, 1.165) is 42.0 Å². The fourth-order valence-electron chi connectivity index (χ4n) is 4.21. The Kier molecular flexibility index (Phi) is 5.61. The molecule has 0 saturated heterocycles. The monoisotopic (exact) mass is 406 g/mol. The molecular formula is C22H25F3N2O2. The highest BCUT2D eigenvalue weighted by Crippen LogP contribution is 2.44. The molecule has 4 nitrogen and oxygen atoms in total. The largest absolute Gasteiger partial charge is 0.445 e. The van der Waals surface area contributed by atoms with Gasteiger partial charge < -0.3 is 10.5 Å². The van der Waals surface area contributed by atoms with Gasteiger partial charge >= 0.3 is 12.3 Å². The quantitative estimate of drug-likeness (QED) is 0.711. The van der Waals surface area contributed by atoms with Crippen molar-refractivity contribution < 1.29 is 22.7 Å². The minimum Gasteiger partial charge on any atom is -0.445 e. The summed E-state index contributed by atoms with van der Waals surface area (Å²) >= 11 is 0. The van der Waals surface area contributed by atoms with Crippen LogP contribution < -0.4 is 5.73 Å². The van der Waals surface area contributed by atoms with Gasteiger partial charge in [-0.05, 0) is 59.1 Å². The summed E-state index contributed by atoms with van der Waals surface area (Å²) in [5.74, 6) is -0.0740. The fraction of sp³-hybridized carbons (Fsp3) is 0.455. The van der Waals surface area contributed by atoms with Crippen LogP contribution in [0.2, 0.25) is 0 Å². The molecule has 1 aliphatic carbocycles. The second kappa shape index (κ2) is 7.69. The van der Waals surface area contributed by atoms with Crippen LogP contribution in [0.5, 0.6) is 0 Å². The van der Waals surface area contributed by atoms with Crippen molar-refractivity contribution in [3.63, 3.8) is 0 Å². The Morgan fingerprint density at radius 3 is 2.59 bits per heavy atom. The van der Waals surface area contributed by atoms with Crippen LogP contribution in [0.1, 0.15) is 56.4 Å². The van der Waals surface area contributed by atoms with E-state index in [9.17, 15) is 18.0 Å². The lowest BCUT2D eigenvalue weighted by atomic mass is 9.71. The van der Waals surface area contributed by atoms with Crippen molar-refractivity contribution in [2.45, 2.75) is 58.2 Å². The Hall–Kier alpha value is -2.57. The SMILES string of the molecule is CC(C)(C)C(OC(N)=O)C1CCCc2c(-c3ccnc(C(F)(F)F)c3)cccc21. The van der Waals surface area contributed by atoms with Crippen molar-refractivity contribution in [2.24, 2.45) is 11.1 Å². The van der Waals surface area contributed by atoms with Gasteiger partial charge in [0.1, 0.15) is 11.8 Å². The summed E-state index contributed by atoms with van der Waals surface area (Å²) in [6.45, 7) is 5.95. The van der Waals surface area contributed by atoms with Crippen LogP contribution in [0.15, 0.2) is 36.5 Å². The molecule has 1 aromatic heterocycles. The Labute approximate surface area is 168 Å². The number of alkyl halides is 3. The zero-order chi connectivity index (χ0) is 21.4. The summed E-state index contributed by atoms with van der Waals surface area (Å²) in [5.41, 5.74) is 7.29. The minimum atomic E-state index is -4.50. The van der Waals surface area contributed by atoms with Gasteiger partial charge in [-0.25, -0.2) is 4.79 Å². The summed E-state index contributed by atoms with van der Waals surface area (Å²) in [5, 5.41) is 0. The van der Waals surface area contributed by atoms with E-state index < -0.39 is 24.1 Å². The van der Waals surface area contributed by atoms with Crippen molar-refractivity contribution >= 4 is 6.09 Å². The predicted octanol–water partition coefficient (Wildman–Crippen LogP) is 5.70. The van der Waals surface area contributed by atoms with E-state index >= 15 is 0 Å². The first-order valence-corrected chi connectivity index (χ1v) is 9.60. The van der Waals surface area contributed by atoms with Crippen LogP contribution in [0.25, 0.3) is 11.1 Å². The highest BCUT2D eigenvalue weighted by molar-refractivity contribution is 5.70. The Morgan fingerprint density at radius 2 is 1.97 bits per heavy atom. The molecule has 0 bridgehead atoms. The van der Waals surface area contributed by atoms with E-state index in [4.69, 9.17) is 10.5 Å². The van der Waals surface area contributed by atoms with Gasteiger partial charge in [0.25, 0.3) is 0 Å². The first kappa shape index (κ1) is 21.1. The first-order valence-electron chi connectivity index (χ1n) is 9.60. The van der Waals surface area contributed by atoms with Crippen molar-refractivity contribution in [1.29, 1.82) is 0 Å². The molecular weight excluding hydrogens is 381 g/mol. The van der Waals surface area contributed by atoms with Gasteiger partial charge in [-0.15, -0.1) is 0 Å². The van der Waals surface area contributed by atoms with Crippen LogP contribution in [0.3, 0.4) is 0 Å². The van der Waals surface area contributed by atoms with Crippen LogP contribution in [-0.2, 0) is 17.3 Å².